The Morgan fingerprint density at radius 1 is 1.44 bits per heavy atom. The minimum Gasteiger partial charge on any atom is -0.399 e. The number of aliphatic hydroxyl groups excluding tert-OH is 1. The summed E-state index contributed by atoms with van der Waals surface area (Å²) in [6.45, 7) is 1.64. The van der Waals surface area contributed by atoms with Crippen LogP contribution in [0.3, 0.4) is 0 Å². The number of aryl methyl sites for hydroxylation is 1. The summed E-state index contributed by atoms with van der Waals surface area (Å²) >= 11 is 0. The Labute approximate surface area is 95.3 Å². The molecule has 0 bridgehead atoms. The maximum Gasteiger partial charge on any atom is 0.240 e. The SMILES string of the molecule is CCc1ccc(N)cc1S(=O)(=O)NCCO. The zero-order chi connectivity index (χ0) is 12.2. The second kappa shape index (κ2) is 5.29. The third-order valence-electron chi connectivity index (χ3n) is 2.17. The molecule has 4 N–H and O–H groups in total. The maximum absolute atomic E-state index is 11.8. The van der Waals surface area contributed by atoms with Crippen molar-refractivity contribution >= 4 is 15.7 Å². The zero-order valence-corrected chi connectivity index (χ0v) is 9.92. The van der Waals surface area contributed by atoms with Gasteiger partial charge in [-0.1, -0.05) is 13.0 Å². The van der Waals surface area contributed by atoms with Gasteiger partial charge >= 0.3 is 0 Å². The summed E-state index contributed by atoms with van der Waals surface area (Å²) in [5.41, 5.74) is 6.68. The predicted molar refractivity (Wildman–Crippen MR) is 62.5 cm³/mol. The van der Waals surface area contributed by atoms with E-state index in [2.05, 4.69) is 4.72 Å². The molecule has 0 aliphatic rings. The molecule has 5 nitrogen and oxygen atoms in total. The van der Waals surface area contributed by atoms with Gasteiger partial charge in [-0.25, -0.2) is 13.1 Å². The number of anilines is 1. The zero-order valence-electron chi connectivity index (χ0n) is 9.10. The third-order valence-corrected chi connectivity index (χ3v) is 3.71. The van der Waals surface area contributed by atoms with E-state index < -0.39 is 10.0 Å². The molecule has 0 amide bonds. The standard InChI is InChI=1S/C10H16N2O3S/c1-2-8-3-4-9(11)7-10(8)16(14,15)12-5-6-13/h3-4,7,12-13H,2,5-6,11H2,1H3. The van der Waals surface area contributed by atoms with Crippen LogP contribution in [0.1, 0.15) is 12.5 Å². The van der Waals surface area contributed by atoms with Gasteiger partial charge in [0.15, 0.2) is 0 Å². The first-order valence-corrected chi connectivity index (χ1v) is 6.48. The maximum atomic E-state index is 11.8. The summed E-state index contributed by atoms with van der Waals surface area (Å²) < 4.78 is 26.0. The molecule has 0 heterocycles. The molecular weight excluding hydrogens is 228 g/mol. The lowest BCUT2D eigenvalue weighted by Crippen LogP contribution is -2.27. The second-order valence-electron chi connectivity index (χ2n) is 3.34. The molecule has 0 radical (unpaired) electrons. The molecular formula is C10H16N2O3S. The molecule has 6 heteroatoms. The second-order valence-corrected chi connectivity index (χ2v) is 5.08. The molecule has 0 aromatic heterocycles. The Kier molecular flexibility index (Phi) is 4.28. The quantitative estimate of drug-likeness (QED) is 0.641. The predicted octanol–water partition coefficient (Wildman–Crippen LogP) is 0.102. The van der Waals surface area contributed by atoms with E-state index in [-0.39, 0.29) is 18.0 Å². The minimum atomic E-state index is -3.58. The number of rotatable bonds is 5. The molecule has 0 spiro atoms. The average molecular weight is 244 g/mol. The summed E-state index contributed by atoms with van der Waals surface area (Å²) in [6, 6.07) is 4.80. The average Bonchev–Trinajstić information content (AvgIpc) is 2.26. The van der Waals surface area contributed by atoms with Crippen LogP contribution in [0.15, 0.2) is 23.1 Å². The van der Waals surface area contributed by atoms with Gasteiger partial charge in [0.25, 0.3) is 0 Å². The minimum absolute atomic E-state index is 0.000284. The molecule has 1 aromatic rings. The molecule has 1 aromatic carbocycles. The van der Waals surface area contributed by atoms with E-state index in [1.165, 1.54) is 6.07 Å². The molecule has 0 aliphatic carbocycles. The van der Waals surface area contributed by atoms with Crippen LogP contribution in [0.25, 0.3) is 0 Å². The Hall–Kier alpha value is -1.11. The molecule has 90 valence electrons. The highest BCUT2D eigenvalue weighted by atomic mass is 32.2. The molecule has 0 unspecified atom stereocenters. The highest BCUT2D eigenvalue weighted by Gasteiger charge is 2.17. The summed E-state index contributed by atoms with van der Waals surface area (Å²) in [6.07, 6.45) is 0.607. The molecule has 0 saturated carbocycles. The number of benzene rings is 1. The largest absolute Gasteiger partial charge is 0.399 e. The van der Waals surface area contributed by atoms with Gasteiger partial charge in [-0.3, -0.25) is 0 Å². The van der Waals surface area contributed by atoms with Crippen molar-refractivity contribution in [1.82, 2.24) is 4.72 Å². The number of hydrogen-bond acceptors (Lipinski definition) is 4. The van der Waals surface area contributed by atoms with E-state index >= 15 is 0 Å². The Bertz CT molecular complexity index is 457. The van der Waals surface area contributed by atoms with Gasteiger partial charge in [-0.05, 0) is 24.1 Å². The molecule has 16 heavy (non-hydrogen) atoms. The first-order chi connectivity index (χ1) is 7.51. The number of nitrogen functional groups attached to an aromatic ring is 1. The highest BCUT2D eigenvalue weighted by Crippen LogP contribution is 2.19. The highest BCUT2D eigenvalue weighted by molar-refractivity contribution is 7.89. The summed E-state index contributed by atoms with van der Waals surface area (Å²) in [5, 5.41) is 8.61. The van der Waals surface area contributed by atoms with Gasteiger partial charge in [0, 0.05) is 12.2 Å². The van der Waals surface area contributed by atoms with E-state index in [4.69, 9.17) is 10.8 Å². The Morgan fingerprint density at radius 3 is 2.69 bits per heavy atom. The van der Waals surface area contributed by atoms with Gasteiger partial charge in [-0.2, -0.15) is 0 Å². The van der Waals surface area contributed by atoms with Crippen LogP contribution in [0.5, 0.6) is 0 Å². The fraction of sp³-hybridized carbons (Fsp3) is 0.400. The number of hydrogen-bond donors (Lipinski definition) is 3. The van der Waals surface area contributed by atoms with Crippen molar-refractivity contribution in [3.63, 3.8) is 0 Å². The number of nitrogens with one attached hydrogen (secondary N) is 1. The van der Waals surface area contributed by atoms with Gasteiger partial charge in [0.05, 0.1) is 11.5 Å². The van der Waals surface area contributed by atoms with Crippen LogP contribution in [-0.4, -0.2) is 26.7 Å². The van der Waals surface area contributed by atoms with Gasteiger partial charge < -0.3 is 10.8 Å². The normalized spacial score (nSPS) is 11.6. The first kappa shape index (κ1) is 13.0. The van der Waals surface area contributed by atoms with Crippen LogP contribution in [0.2, 0.25) is 0 Å². The summed E-state index contributed by atoms with van der Waals surface area (Å²) in [5.74, 6) is 0. The van der Waals surface area contributed by atoms with Gasteiger partial charge in [-0.15, -0.1) is 0 Å². The van der Waals surface area contributed by atoms with Crippen molar-refractivity contribution in [2.75, 3.05) is 18.9 Å². The monoisotopic (exact) mass is 244 g/mol. The third kappa shape index (κ3) is 2.94. The van der Waals surface area contributed by atoms with Gasteiger partial charge in [0.1, 0.15) is 0 Å². The molecule has 1 rings (SSSR count). The number of aliphatic hydroxyl groups is 1. The van der Waals surface area contributed by atoms with E-state index in [0.29, 0.717) is 17.7 Å². The molecule has 0 atom stereocenters. The molecule has 0 saturated heterocycles. The van der Waals surface area contributed by atoms with Crippen molar-refractivity contribution < 1.29 is 13.5 Å². The lowest BCUT2D eigenvalue weighted by molar-refractivity contribution is 0.301. The fourth-order valence-electron chi connectivity index (χ4n) is 1.37. The van der Waals surface area contributed by atoms with Crippen molar-refractivity contribution in [1.29, 1.82) is 0 Å². The Balaban J connectivity index is 3.15. The van der Waals surface area contributed by atoms with Crippen molar-refractivity contribution in [3.8, 4) is 0 Å². The lowest BCUT2D eigenvalue weighted by Gasteiger charge is -2.10. The summed E-state index contributed by atoms with van der Waals surface area (Å²) in [7, 11) is -3.58. The van der Waals surface area contributed by atoms with Crippen LogP contribution in [0.4, 0.5) is 5.69 Å². The number of nitrogens with two attached hydrogens (primary N) is 1. The molecule has 0 aliphatic heterocycles. The molecule has 0 fully saturated rings. The Morgan fingerprint density at radius 2 is 2.12 bits per heavy atom. The fourth-order valence-corrected chi connectivity index (χ4v) is 2.74. The van der Waals surface area contributed by atoms with E-state index in [9.17, 15) is 8.42 Å². The van der Waals surface area contributed by atoms with Crippen LogP contribution in [-0.2, 0) is 16.4 Å². The first-order valence-electron chi connectivity index (χ1n) is 5.00. The van der Waals surface area contributed by atoms with Crippen LogP contribution in [0, 0.1) is 0 Å². The topological polar surface area (TPSA) is 92.4 Å². The van der Waals surface area contributed by atoms with Crippen molar-refractivity contribution in [2.45, 2.75) is 18.2 Å². The van der Waals surface area contributed by atoms with E-state index in [1.54, 1.807) is 12.1 Å². The van der Waals surface area contributed by atoms with Gasteiger partial charge in [0.2, 0.25) is 10.0 Å². The number of sulfonamides is 1. The van der Waals surface area contributed by atoms with Crippen molar-refractivity contribution in [3.05, 3.63) is 23.8 Å². The van der Waals surface area contributed by atoms with Crippen LogP contribution >= 0.6 is 0 Å². The van der Waals surface area contributed by atoms with E-state index in [0.717, 1.165) is 0 Å². The smallest absolute Gasteiger partial charge is 0.240 e. The lowest BCUT2D eigenvalue weighted by atomic mass is 10.1. The summed E-state index contributed by atoms with van der Waals surface area (Å²) in [4.78, 5) is 0.184. The van der Waals surface area contributed by atoms with E-state index in [1.807, 2.05) is 6.92 Å². The van der Waals surface area contributed by atoms with Crippen molar-refractivity contribution in [2.24, 2.45) is 0 Å². The van der Waals surface area contributed by atoms with Crippen LogP contribution < -0.4 is 10.5 Å².